The molecule has 1 aliphatic heterocycles. The van der Waals surface area contributed by atoms with Crippen molar-refractivity contribution >= 4 is 17.7 Å². The minimum Gasteiger partial charge on any atom is -0.373 e. The standard InChI is InChI=1S/C7H13NO2S/c1-5-4-6(2-3-11-5)7(9)10-8/h5-6H,2-4,8H2,1H3. The Morgan fingerprint density at radius 3 is 3.00 bits per heavy atom. The lowest BCUT2D eigenvalue weighted by Gasteiger charge is -2.23. The van der Waals surface area contributed by atoms with Crippen LogP contribution < -0.4 is 5.90 Å². The van der Waals surface area contributed by atoms with Crippen LogP contribution in [0, 0.1) is 5.92 Å². The number of nitrogens with two attached hydrogens (primary N) is 1. The van der Waals surface area contributed by atoms with E-state index in [-0.39, 0.29) is 11.9 Å². The van der Waals surface area contributed by atoms with Gasteiger partial charge in [0.2, 0.25) is 0 Å². The van der Waals surface area contributed by atoms with Crippen molar-refractivity contribution in [3.05, 3.63) is 0 Å². The molecule has 0 radical (unpaired) electrons. The van der Waals surface area contributed by atoms with Crippen LogP contribution in [0.3, 0.4) is 0 Å². The quantitative estimate of drug-likeness (QED) is 0.602. The van der Waals surface area contributed by atoms with Gasteiger partial charge in [-0.25, -0.2) is 0 Å². The normalized spacial score (nSPS) is 31.5. The molecule has 2 atom stereocenters. The van der Waals surface area contributed by atoms with E-state index in [0.717, 1.165) is 18.6 Å². The first kappa shape index (κ1) is 8.87. The number of thioether (sulfide) groups is 1. The van der Waals surface area contributed by atoms with Crippen LogP contribution in [0.5, 0.6) is 0 Å². The van der Waals surface area contributed by atoms with Gasteiger partial charge in [-0.2, -0.15) is 17.7 Å². The van der Waals surface area contributed by atoms with Gasteiger partial charge < -0.3 is 4.84 Å². The smallest absolute Gasteiger partial charge is 0.327 e. The summed E-state index contributed by atoms with van der Waals surface area (Å²) in [5.74, 6) is 5.62. The van der Waals surface area contributed by atoms with Gasteiger partial charge in [0.1, 0.15) is 0 Å². The molecule has 0 saturated carbocycles. The molecule has 0 spiro atoms. The molecule has 0 bridgehead atoms. The summed E-state index contributed by atoms with van der Waals surface area (Å²) in [5, 5.41) is 0.563. The molecule has 4 heteroatoms. The Hall–Kier alpha value is -0.220. The van der Waals surface area contributed by atoms with E-state index in [2.05, 4.69) is 11.8 Å². The van der Waals surface area contributed by atoms with Crippen LogP contribution in [0.1, 0.15) is 19.8 Å². The van der Waals surface area contributed by atoms with Crippen molar-refractivity contribution in [2.24, 2.45) is 11.8 Å². The van der Waals surface area contributed by atoms with E-state index in [0.29, 0.717) is 5.25 Å². The summed E-state index contributed by atoms with van der Waals surface area (Å²) in [5.41, 5.74) is 0. The summed E-state index contributed by atoms with van der Waals surface area (Å²) in [6, 6.07) is 0. The molecule has 64 valence electrons. The Morgan fingerprint density at radius 1 is 1.73 bits per heavy atom. The molecule has 0 aromatic rings. The fraction of sp³-hybridized carbons (Fsp3) is 0.857. The minimum absolute atomic E-state index is 0.0382. The van der Waals surface area contributed by atoms with Gasteiger partial charge in [-0.15, -0.1) is 0 Å². The van der Waals surface area contributed by atoms with Gasteiger partial charge in [-0.1, -0.05) is 6.92 Å². The van der Waals surface area contributed by atoms with Crippen molar-refractivity contribution in [2.75, 3.05) is 5.75 Å². The van der Waals surface area contributed by atoms with E-state index in [1.807, 2.05) is 11.8 Å². The number of carbonyl (C=O) groups is 1. The van der Waals surface area contributed by atoms with Crippen LogP contribution in [0.4, 0.5) is 0 Å². The topological polar surface area (TPSA) is 52.3 Å². The first-order valence-electron chi connectivity index (χ1n) is 3.76. The molecule has 3 nitrogen and oxygen atoms in total. The third kappa shape index (κ3) is 2.38. The van der Waals surface area contributed by atoms with Crippen LogP contribution in [-0.2, 0) is 9.63 Å². The first-order valence-corrected chi connectivity index (χ1v) is 4.81. The second kappa shape index (κ2) is 3.97. The number of carbonyl (C=O) groups excluding carboxylic acids is 1. The van der Waals surface area contributed by atoms with Crippen LogP contribution in [-0.4, -0.2) is 17.0 Å². The molecule has 1 aliphatic rings. The molecule has 0 aromatic heterocycles. The van der Waals surface area contributed by atoms with Gasteiger partial charge in [-0.3, -0.25) is 4.79 Å². The monoisotopic (exact) mass is 175 g/mol. The van der Waals surface area contributed by atoms with Gasteiger partial charge in [-0.05, 0) is 18.6 Å². The summed E-state index contributed by atoms with van der Waals surface area (Å²) in [6.45, 7) is 2.13. The maximum absolute atomic E-state index is 11.0. The highest BCUT2D eigenvalue weighted by molar-refractivity contribution is 7.99. The van der Waals surface area contributed by atoms with E-state index < -0.39 is 0 Å². The Bertz CT molecular complexity index is 151. The van der Waals surface area contributed by atoms with E-state index in [1.54, 1.807) is 0 Å². The number of hydrogen-bond donors (Lipinski definition) is 1. The van der Waals surface area contributed by atoms with Crippen molar-refractivity contribution in [3.8, 4) is 0 Å². The lowest BCUT2D eigenvalue weighted by atomic mass is 10.0. The fourth-order valence-corrected chi connectivity index (χ4v) is 2.50. The predicted molar refractivity (Wildman–Crippen MR) is 44.9 cm³/mol. The van der Waals surface area contributed by atoms with Gasteiger partial charge in [0, 0.05) is 5.25 Å². The Balaban J connectivity index is 2.39. The second-order valence-electron chi connectivity index (χ2n) is 2.84. The summed E-state index contributed by atoms with van der Waals surface area (Å²) in [6.07, 6.45) is 1.81. The van der Waals surface area contributed by atoms with E-state index in [4.69, 9.17) is 5.90 Å². The molecule has 0 aromatic carbocycles. The zero-order chi connectivity index (χ0) is 8.27. The number of rotatable bonds is 1. The molecular formula is C7H13NO2S. The van der Waals surface area contributed by atoms with Crippen LogP contribution in [0.2, 0.25) is 0 Å². The largest absolute Gasteiger partial charge is 0.373 e. The molecule has 0 aliphatic carbocycles. The first-order chi connectivity index (χ1) is 5.24. The van der Waals surface area contributed by atoms with Crippen molar-refractivity contribution in [3.63, 3.8) is 0 Å². The van der Waals surface area contributed by atoms with Crippen LogP contribution >= 0.6 is 11.8 Å². The highest BCUT2D eigenvalue weighted by Gasteiger charge is 2.26. The lowest BCUT2D eigenvalue weighted by Crippen LogP contribution is -2.27. The highest BCUT2D eigenvalue weighted by Crippen LogP contribution is 2.29. The molecule has 0 amide bonds. The Morgan fingerprint density at radius 2 is 2.45 bits per heavy atom. The van der Waals surface area contributed by atoms with Crippen molar-refractivity contribution in [2.45, 2.75) is 25.0 Å². The third-order valence-electron chi connectivity index (χ3n) is 1.93. The van der Waals surface area contributed by atoms with Gasteiger partial charge in [0.15, 0.2) is 0 Å². The molecule has 2 unspecified atom stereocenters. The van der Waals surface area contributed by atoms with E-state index in [9.17, 15) is 4.79 Å². The summed E-state index contributed by atoms with van der Waals surface area (Å²) < 4.78 is 0. The molecule has 11 heavy (non-hydrogen) atoms. The summed E-state index contributed by atoms with van der Waals surface area (Å²) in [7, 11) is 0. The molecule has 1 saturated heterocycles. The zero-order valence-electron chi connectivity index (χ0n) is 6.58. The molecule has 1 fully saturated rings. The maximum atomic E-state index is 11.0. The average molecular weight is 175 g/mol. The third-order valence-corrected chi connectivity index (χ3v) is 3.17. The molecule has 1 heterocycles. The number of hydrogen-bond acceptors (Lipinski definition) is 4. The van der Waals surface area contributed by atoms with Gasteiger partial charge in [0.25, 0.3) is 0 Å². The average Bonchev–Trinajstić information content (AvgIpc) is 2.03. The SMILES string of the molecule is CC1CC(C(=O)ON)CCS1. The van der Waals surface area contributed by atoms with E-state index >= 15 is 0 Å². The molecular weight excluding hydrogens is 162 g/mol. The maximum Gasteiger partial charge on any atom is 0.327 e. The molecule has 2 N–H and O–H groups in total. The molecule has 1 rings (SSSR count). The highest BCUT2D eigenvalue weighted by atomic mass is 32.2. The van der Waals surface area contributed by atoms with Crippen molar-refractivity contribution in [1.29, 1.82) is 0 Å². The fourth-order valence-electron chi connectivity index (χ4n) is 1.31. The predicted octanol–water partition coefficient (Wildman–Crippen LogP) is 0.935. The van der Waals surface area contributed by atoms with Gasteiger partial charge in [0.05, 0.1) is 5.92 Å². The Kier molecular flexibility index (Phi) is 3.20. The lowest BCUT2D eigenvalue weighted by molar-refractivity contribution is -0.149. The Labute approximate surface area is 70.6 Å². The second-order valence-corrected chi connectivity index (χ2v) is 4.39. The zero-order valence-corrected chi connectivity index (χ0v) is 7.39. The minimum atomic E-state index is -0.253. The van der Waals surface area contributed by atoms with E-state index in [1.165, 1.54) is 0 Å². The van der Waals surface area contributed by atoms with Crippen molar-refractivity contribution in [1.82, 2.24) is 0 Å². The summed E-state index contributed by atoms with van der Waals surface area (Å²) >= 11 is 1.90. The van der Waals surface area contributed by atoms with Crippen LogP contribution in [0.25, 0.3) is 0 Å². The van der Waals surface area contributed by atoms with Crippen LogP contribution in [0.15, 0.2) is 0 Å². The summed E-state index contributed by atoms with van der Waals surface area (Å²) in [4.78, 5) is 15.1. The van der Waals surface area contributed by atoms with Crippen molar-refractivity contribution < 1.29 is 9.63 Å². The van der Waals surface area contributed by atoms with Gasteiger partial charge >= 0.3 is 5.97 Å².